The van der Waals surface area contributed by atoms with Crippen LogP contribution in [-0.4, -0.2) is 72.8 Å². The molecule has 2 amide bonds. The van der Waals surface area contributed by atoms with E-state index in [2.05, 4.69) is 24.1 Å². The standard InChI is InChI=1S/C25H31N3O2S/c1-26-16-18-28(19-17-26)24(29)21-12-14-27(15-13-21)25(30)23(20-8-4-2-5-9-20)31-22-10-6-3-7-11-22/h2-11,21,23H,12-19H2,1H3. The van der Waals surface area contributed by atoms with E-state index in [4.69, 9.17) is 0 Å². The van der Waals surface area contributed by atoms with Gasteiger partial charge in [-0.05, 0) is 37.6 Å². The number of benzene rings is 2. The van der Waals surface area contributed by atoms with Gasteiger partial charge in [0.25, 0.3) is 0 Å². The van der Waals surface area contributed by atoms with Crippen molar-refractivity contribution in [2.24, 2.45) is 5.92 Å². The SMILES string of the molecule is CN1CCN(C(=O)C2CCN(C(=O)C(Sc3ccccc3)c3ccccc3)CC2)CC1. The zero-order chi connectivity index (χ0) is 21.6. The lowest BCUT2D eigenvalue weighted by atomic mass is 9.94. The summed E-state index contributed by atoms with van der Waals surface area (Å²) in [7, 11) is 2.10. The maximum absolute atomic E-state index is 13.5. The van der Waals surface area contributed by atoms with Crippen LogP contribution in [0.5, 0.6) is 0 Å². The van der Waals surface area contributed by atoms with E-state index in [1.165, 1.54) is 0 Å². The van der Waals surface area contributed by atoms with Crippen molar-refractivity contribution in [1.82, 2.24) is 14.7 Å². The fourth-order valence-electron chi connectivity index (χ4n) is 4.32. The molecule has 31 heavy (non-hydrogen) atoms. The number of rotatable bonds is 5. The molecule has 2 aliphatic rings. The lowest BCUT2D eigenvalue weighted by Gasteiger charge is -2.38. The first-order valence-electron chi connectivity index (χ1n) is 11.1. The van der Waals surface area contributed by atoms with Gasteiger partial charge in [0.05, 0.1) is 0 Å². The summed E-state index contributed by atoms with van der Waals surface area (Å²) in [6.45, 7) is 4.83. The Bertz CT molecular complexity index is 861. The molecule has 1 atom stereocenters. The van der Waals surface area contributed by atoms with E-state index in [9.17, 15) is 9.59 Å². The van der Waals surface area contributed by atoms with Crippen molar-refractivity contribution in [3.63, 3.8) is 0 Å². The van der Waals surface area contributed by atoms with E-state index in [1.807, 2.05) is 58.3 Å². The van der Waals surface area contributed by atoms with E-state index in [0.29, 0.717) is 13.1 Å². The van der Waals surface area contributed by atoms with E-state index in [1.54, 1.807) is 11.8 Å². The Kier molecular flexibility index (Phi) is 7.30. The number of carbonyl (C=O) groups is 2. The average molecular weight is 438 g/mol. The van der Waals surface area contributed by atoms with Gasteiger partial charge in [-0.2, -0.15) is 0 Å². The summed E-state index contributed by atoms with van der Waals surface area (Å²) in [5, 5.41) is -0.270. The van der Waals surface area contributed by atoms with Gasteiger partial charge in [0, 0.05) is 50.1 Å². The van der Waals surface area contributed by atoms with Crippen LogP contribution >= 0.6 is 11.8 Å². The van der Waals surface area contributed by atoms with Crippen molar-refractivity contribution in [2.75, 3.05) is 46.3 Å². The zero-order valence-electron chi connectivity index (χ0n) is 18.2. The van der Waals surface area contributed by atoms with Crippen LogP contribution in [0.25, 0.3) is 0 Å². The number of hydrogen-bond donors (Lipinski definition) is 0. The Hall–Kier alpha value is -2.31. The summed E-state index contributed by atoms with van der Waals surface area (Å²) in [5.74, 6) is 0.466. The van der Waals surface area contributed by atoms with Crippen molar-refractivity contribution >= 4 is 23.6 Å². The van der Waals surface area contributed by atoms with Crippen molar-refractivity contribution < 1.29 is 9.59 Å². The van der Waals surface area contributed by atoms with Gasteiger partial charge in [0.2, 0.25) is 11.8 Å². The molecular weight excluding hydrogens is 406 g/mol. The number of piperazine rings is 1. The molecule has 164 valence electrons. The Morgan fingerprint density at radius 3 is 2.00 bits per heavy atom. The van der Waals surface area contributed by atoms with Gasteiger partial charge in [-0.15, -0.1) is 11.8 Å². The highest BCUT2D eigenvalue weighted by molar-refractivity contribution is 8.00. The molecule has 0 bridgehead atoms. The molecule has 2 heterocycles. The predicted octanol–water partition coefficient (Wildman–Crippen LogP) is 3.53. The summed E-state index contributed by atoms with van der Waals surface area (Å²) in [5.41, 5.74) is 1.02. The normalized spacial score (nSPS) is 19.3. The second kappa shape index (κ2) is 10.3. The van der Waals surface area contributed by atoms with Gasteiger partial charge < -0.3 is 14.7 Å². The largest absolute Gasteiger partial charge is 0.341 e. The van der Waals surface area contributed by atoms with E-state index >= 15 is 0 Å². The van der Waals surface area contributed by atoms with Crippen LogP contribution in [0, 0.1) is 5.92 Å². The van der Waals surface area contributed by atoms with Gasteiger partial charge in [-0.3, -0.25) is 9.59 Å². The monoisotopic (exact) mass is 437 g/mol. The van der Waals surface area contributed by atoms with Crippen LogP contribution < -0.4 is 0 Å². The topological polar surface area (TPSA) is 43.9 Å². The molecular formula is C25H31N3O2S. The van der Waals surface area contributed by atoms with Crippen LogP contribution in [0.3, 0.4) is 0 Å². The van der Waals surface area contributed by atoms with Crippen LogP contribution in [-0.2, 0) is 9.59 Å². The Balaban J connectivity index is 1.40. The minimum atomic E-state index is -0.270. The number of hydrogen-bond acceptors (Lipinski definition) is 4. The van der Waals surface area contributed by atoms with E-state index in [-0.39, 0.29) is 23.0 Å². The van der Waals surface area contributed by atoms with Crippen molar-refractivity contribution in [2.45, 2.75) is 23.0 Å². The lowest BCUT2D eigenvalue weighted by Crippen LogP contribution is -2.51. The second-order valence-electron chi connectivity index (χ2n) is 8.45. The Labute approximate surface area is 189 Å². The maximum Gasteiger partial charge on any atom is 0.240 e. The third-order valence-corrected chi connectivity index (χ3v) is 7.55. The van der Waals surface area contributed by atoms with Crippen LogP contribution in [0.2, 0.25) is 0 Å². The number of piperidine rings is 1. The molecule has 2 aromatic carbocycles. The first-order chi connectivity index (χ1) is 15.1. The number of likely N-dealkylation sites (tertiary alicyclic amines) is 1. The van der Waals surface area contributed by atoms with Crippen LogP contribution in [0.4, 0.5) is 0 Å². The quantitative estimate of drug-likeness (QED) is 0.672. The van der Waals surface area contributed by atoms with Crippen molar-refractivity contribution in [3.8, 4) is 0 Å². The number of thioether (sulfide) groups is 1. The van der Waals surface area contributed by atoms with E-state index < -0.39 is 0 Å². The molecule has 0 radical (unpaired) electrons. The predicted molar refractivity (Wildman–Crippen MR) is 125 cm³/mol. The molecule has 2 aliphatic heterocycles. The highest BCUT2D eigenvalue weighted by Crippen LogP contribution is 2.37. The molecule has 0 spiro atoms. The van der Waals surface area contributed by atoms with Crippen LogP contribution in [0.1, 0.15) is 23.7 Å². The van der Waals surface area contributed by atoms with E-state index in [0.717, 1.165) is 49.5 Å². The molecule has 5 nitrogen and oxygen atoms in total. The second-order valence-corrected chi connectivity index (χ2v) is 9.63. The third-order valence-electron chi connectivity index (χ3n) is 6.29. The van der Waals surface area contributed by atoms with Gasteiger partial charge in [0.1, 0.15) is 5.25 Å². The average Bonchev–Trinajstić information content (AvgIpc) is 2.83. The summed E-state index contributed by atoms with van der Waals surface area (Å²) < 4.78 is 0. The molecule has 0 saturated carbocycles. The minimum absolute atomic E-state index is 0.0457. The molecule has 0 aliphatic carbocycles. The summed E-state index contributed by atoms with van der Waals surface area (Å²) in [6, 6.07) is 20.1. The molecule has 4 rings (SSSR count). The Morgan fingerprint density at radius 2 is 1.39 bits per heavy atom. The first-order valence-corrected chi connectivity index (χ1v) is 12.0. The molecule has 0 aromatic heterocycles. The molecule has 2 saturated heterocycles. The molecule has 1 unspecified atom stereocenters. The molecule has 2 fully saturated rings. The maximum atomic E-state index is 13.5. The number of nitrogens with zero attached hydrogens (tertiary/aromatic N) is 3. The number of likely N-dealkylation sites (N-methyl/N-ethyl adjacent to an activating group) is 1. The lowest BCUT2D eigenvalue weighted by molar-refractivity contribution is -0.141. The van der Waals surface area contributed by atoms with Crippen LogP contribution in [0.15, 0.2) is 65.6 Å². The first kappa shape index (κ1) is 21.9. The molecule has 6 heteroatoms. The third kappa shape index (κ3) is 5.49. The van der Waals surface area contributed by atoms with Crippen molar-refractivity contribution in [1.29, 1.82) is 0 Å². The summed E-state index contributed by atoms with van der Waals surface area (Å²) in [4.78, 5) is 33.8. The minimum Gasteiger partial charge on any atom is -0.341 e. The van der Waals surface area contributed by atoms with Gasteiger partial charge >= 0.3 is 0 Å². The summed E-state index contributed by atoms with van der Waals surface area (Å²) >= 11 is 1.60. The fourth-order valence-corrected chi connectivity index (χ4v) is 5.45. The molecule has 2 aromatic rings. The van der Waals surface area contributed by atoms with Crippen molar-refractivity contribution in [3.05, 3.63) is 66.2 Å². The summed E-state index contributed by atoms with van der Waals surface area (Å²) in [6.07, 6.45) is 1.52. The zero-order valence-corrected chi connectivity index (χ0v) is 19.0. The van der Waals surface area contributed by atoms with Gasteiger partial charge in [0.15, 0.2) is 0 Å². The highest BCUT2D eigenvalue weighted by atomic mass is 32.2. The van der Waals surface area contributed by atoms with Gasteiger partial charge in [-0.1, -0.05) is 48.5 Å². The fraction of sp³-hybridized carbons (Fsp3) is 0.440. The molecule has 0 N–H and O–H groups in total. The number of carbonyl (C=O) groups excluding carboxylic acids is 2. The Morgan fingerprint density at radius 1 is 0.806 bits per heavy atom. The number of amides is 2. The highest BCUT2D eigenvalue weighted by Gasteiger charge is 2.34. The van der Waals surface area contributed by atoms with Gasteiger partial charge in [-0.25, -0.2) is 0 Å². The smallest absolute Gasteiger partial charge is 0.240 e.